The summed E-state index contributed by atoms with van der Waals surface area (Å²) in [5, 5.41) is 20.1. The summed E-state index contributed by atoms with van der Waals surface area (Å²) in [6.07, 6.45) is -0.478. The largest absolute Gasteiger partial charge is 0.481 e. The third-order valence-electron chi connectivity index (χ3n) is 6.94. The smallest absolute Gasteiger partial charge is 0.312 e. The fourth-order valence-corrected chi connectivity index (χ4v) is 4.54. The molecule has 36 heavy (non-hydrogen) atoms. The SMILES string of the molecule is CCN(CC)CC(O)COC(=O)C(C)(CC(C)(C)C(=O)O)CC(C)(CC)C(=O)OCc1ccccc1. The Morgan fingerprint density at radius 2 is 1.44 bits per heavy atom. The Morgan fingerprint density at radius 1 is 0.889 bits per heavy atom. The van der Waals surface area contributed by atoms with Crippen molar-refractivity contribution in [3.63, 3.8) is 0 Å². The van der Waals surface area contributed by atoms with Gasteiger partial charge in [0, 0.05) is 6.54 Å². The number of aliphatic carboxylic acids is 1. The summed E-state index contributed by atoms with van der Waals surface area (Å²) >= 11 is 0. The van der Waals surface area contributed by atoms with Crippen molar-refractivity contribution in [3.05, 3.63) is 35.9 Å². The number of aliphatic hydroxyl groups is 1. The van der Waals surface area contributed by atoms with Gasteiger partial charge in [-0.05, 0) is 65.6 Å². The summed E-state index contributed by atoms with van der Waals surface area (Å²) in [6, 6.07) is 9.31. The molecule has 0 bridgehead atoms. The lowest BCUT2D eigenvalue weighted by molar-refractivity contribution is -0.170. The van der Waals surface area contributed by atoms with E-state index in [0.717, 1.165) is 18.7 Å². The van der Waals surface area contributed by atoms with Crippen molar-refractivity contribution >= 4 is 17.9 Å². The number of benzene rings is 1. The monoisotopic (exact) mass is 507 g/mol. The number of carbonyl (C=O) groups is 3. The molecule has 2 N–H and O–H groups in total. The van der Waals surface area contributed by atoms with Gasteiger partial charge in [0.25, 0.3) is 0 Å². The first kappa shape index (κ1) is 31.6. The predicted octanol–water partition coefficient (Wildman–Crippen LogP) is 4.29. The van der Waals surface area contributed by atoms with Crippen molar-refractivity contribution in [2.75, 3.05) is 26.2 Å². The number of aliphatic hydroxyl groups excluding tert-OH is 1. The van der Waals surface area contributed by atoms with Crippen LogP contribution in [0, 0.1) is 16.2 Å². The van der Waals surface area contributed by atoms with E-state index in [0.29, 0.717) is 13.0 Å². The molecule has 3 atom stereocenters. The zero-order chi connectivity index (χ0) is 27.6. The fraction of sp³-hybridized carbons (Fsp3) is 0.679. The van der Waals surface area contributed by atoms with Gasteiger partial charge in [-0.3, -0.25) is 14.4 Å². The minimum atomic E-state index is -1.30. The van der Waals surface area contributed by atoms with E-state index in [4.69, 9.17) is 9.47 Å². The minimum Gasteiger partial charge on any atom is -0.481 e. The molecular weight excluding hydrogens is 462 g/mol. The molecule has 0 aromatic heterocycles. The Balaban J connectivity index is 3.09. The maximum absolute atomic E-state index is 13.4. The Morgan fingerprint density at radius 3 is 1.94 bits per heavy atom. The topological polar surface area (TPSA) is 113 Å². The molecule has 0 spiro atoms. The van der Waals surface area contributed by atoms with Crippen LogP contribution in [0.25, 0.3) is 0 Å². The minimum absolute atomic E-state index is 0.0398. The molecule has 3 unspecified atom stereocenters. The van der Waals surface area contributed by atoms with Crippen LogP contribution in [0.2, 0.25) is 0 Å². The van der Waals surface area contributed by atoms with Crippen LogP contribution in [-0.4, -0.2) is 65.4 Å². The molecule has 0 heterocycles. The van der Waals surface area contributed by atoms with E-state index in [-0.39, 0.29) is 26.1 Å². The van der Waals surface area contributed by atoms with Crippen molar-refractivity contribution in [2.24, 2.45) is 16.2 Å². The van der Waals surface area contributed by atoms with Gasteiger partial charge in [0.15, 0.2) is 0 Å². The van der Waals surface area contributed by atoms with E-state index < -0.39 is 40.3 Å². The van der Waals surface area contributed by atoms with Gasteiger partial charge in [0.2, 0.25) is 0 Å². The van der Waals surface area contributed by atoms with Crippen LogP contribution in [0.3, 0.4) is 0 Å². The number of rotatable bonds is 16. The van der Waals surface area contributed by atoms with Gasteiger partial charge in [-0.15, -0.1) is 0 Å². The first-order valence-electron chi connectivity index (χ1n) is 12.7. The van der Waals surface area contributed by atoms with E-state index in [1.54, 1.807) is 27.7 Å². The summed E-state index contributed by atoms with van der Waals surface area (Å²) < 4.78 is 11.1. The first-order valence-corrected chi connectivity index (χ1v) is 12.7. The number of esters is 2. The number of carboxylic acid groups (broad SMARTS) is 1. The van der Waals surface area contributed by atoms with Crippen LogP contribution >= 0.6 is 0 Å². The van der Waals surface area contributed by atoms with Crippen LogP contribution in [0.5, 0.6) is 0 Å². The van der Waals surface area contributed by atoms with Gasteiger partial charge in [-0.1, -0.05) is 51.1 Å². The second-order valence-electron chi connectivity index (χ2n) is 10.8. The van der Waals surface area contributed by atoms with Gasteiger partial charge in [0.1, 0.15) is 19.3 Å². The highest BCUT2D eigenvalue weighted by Crippen LogP contribution is 2.45. The molecular formula is C28H45NO7. The zero-order valence-electron chi connectivity index (χ0n) is 23.0. The van der Waals surface area contributed by atoms with E-state index in [1.165, 1.54) is 0 Å². The molecule has 0 radical (unpaired) electrons. The third kappa shape index (κ3) is 9.21. The second kappa shape index (κ2) is 13.7. The Bertz CT molecular complexity index is 853. The Kier molecular flexibility index (Phi) is 12.1. The van der Waals surface area contributed by atoms with E-state index in [1.807, 2.05) is 56.0 Å². The van der Waals surface area contributed by atoms with Crippen molar-refractivity contribution in [1.82, 2.24) is 4.90 Å². The molecule has 0 fully saturated rings. The van der Waals surface area contributed by atoms with Crippen LogP contribution in [0.4, 0.5) is 0 Å². The molecule has 1 aromatic rings. The van der Waals surface area contributed by atoms with Crippen LogP contribution in [0.1, 0.15) is 73.3 Å². The molecule has 8 nitrogen and oxygen atoms in total. The van der Waals surface area contributed by atoms with E-state index in [2.05, 4.69) is 0 Å². The Labute approximate surface area is 216 Å². The van der Waals surface area contributed by atoms with Gasteiger partial charge < -0.3 is 24.6 Å². The second-order valence-corrected chi connectivity index (χ2v) is 10.8. The van der Waals surface area contributed by atoms with Crippen molar-refractivity contribution in [2.45, 2.75) is 80.4 Å². The number of carboxylic acids is 1. The molecule has 1 aromatic carbocycles. The molecule has 204 valence electrons. The molecule has 0 saturated carbocycles. The number of ether oxygens (including phenoxy) is 2. The normalized spacial score (nSPS) is 16.0. The van der Waals surface area contributed by atoms with Crippen molar-refractivity contribution in [1.29, 1.82) is 0 Å². The van der Waals surface area contributed by atoms with Gasteiger partial charge in [0.05, 0.1) is 16.2 Å². The number of hydrogen-bond acceptors (Lipinski definition) is 7. The molecule has 1 rings (SSSR count). The van der Waals surface area contributed by atoms with Gasteiger partial charge >= 0.3 is 17.9 Å². The van der Waals surface area contributed by atoms with Crippen LogP contribution in [0.15, 0.2) is 30.3 Å². The number of nitrogens with zero attached hydrogens (tertiary/aromatic N) is 1. The van der Waals surface area contributed by atoms with Crippen molar-refractivity contribution in [3.8, 4) is 0 Å². The lowest BCUT2D eigenvalue weighted by Gasteiger charge is -2.39. The molecule has 8 heteroatoms. The molecule has 0 saturated heterocycles. The lowest BCUT2D eigenvalue weighted by Crippen LogP contribution is -2.45. The van der Waals surface area contributed by atoms with Crippen LogP contribution < -0.4 is 0 Å². The first-order chi connectivity index (χ1) is 16.7. The maximum atomic E-state index is 13.4. The third-order valence-corrected chi connectivity index (χ3v) is 6.94. The number of hydrogen-bond donors (Lipinski definition) is 2. The predicted molar refractivity (Wildman–Crippen MR) is 138 cm³/mol. The Hall–Kier alpha value is -2.45. The molecule has 0 aliphatic rings. The highest BCUT2D eigenvalue weighted by Gasteiger charge is 2.49. The summed E-state index contributed by atoms with van der Waals surface area (Å²) in [5.41, 5.74) is -2.73. The quantitative estimate of drug-likeness (QED) is 0.319. The van der Waals surface area contributed by atoms with E-state index in [9.17, 15) is 24.6 Å². The lowest BCUT2D eigenvalue weighted by atomic mass is 9.65. The summed E-state index contributed by atoms with van der Waals surface area (Å²) in [5.74, 6) is -2.14. The maximum Gasteiger partial charge on any atom is 0.312 e. The van der Waals surface area contributed by atoms with Gasteiger partial charge in [-0.2, -0.15) is 0 Å². The highest BCUT2D eigenvalue weighted by atomic mass is 16.5. The molecule has 0 amide bonds. The molecule has 0 aliphatic carbocycles. The summed E-state index contributed by atoms with van der Waals surface area (Å²) in [7, 11) is 0. The zero-order valence-corrected chi connectivity index (χ0v) is 23.0. The number of likely N-dealkylation sites (N-methyl/N-ethyl adjacent to an activating group) is 1. The van der Waals surface area contributed by atoms with Gasteiger partial charge in [-0.25, -0.2) is 0 Å². The number of carbonyl (C=O) groups excluding carboxylic acids is 2. The van der Waals surface area contributed by atoms with Crippen molar-refractivity contribution < 1.29 is 34.1 Å². The standard InChI is InChI=1S/C28H45NO7/c1-8-27(6,24(33)35-17-21-14-12-11-13-15-21)20-28(7,19-26(4,5)23(31)32)25(34)36-18-22(30)16-29(9-2)10-3/h11-15,22,30H,8-10,16-20H2,1-7H3,(H,31,32). The average molecular weight is 508 g/mol. The summed E-state index contributed by atoms with van der Waals surface area (Å²) in [6.45, 7) is 14.0. The van der Waals surface area contributed by atoms with Crippen LogP contribution in [-0.2, 0) is 30.5 Å². The summed E-state index contributed by atoms with van der Waals surface area (Å²) in [4.78, 5) is 40.5. The fourth-order valence-electron chi connectivity index (χ4n) is 4.54. The van der Waals surface area contributed by atoms with E-state index >= 15 is 0 Å². The highest BCUT2D eigenvalue weighted by molar-refractivity contribution is 5.82. The molecule has 0 aliphatic heterocycles. The average Bonchev–Trinajstić information content (AvgIpc) is 2.84.